The number of para-hydroxylation sites is 1. The highest BCUT2D eigenvalue weighted by atomic mass is 32.2. The molecular formula is C12H10OS. The van der Waals surface area contributed by atoms with E-state index in [4.69, 9.17) is 4.74 Å². The number of hydrogen-bond acceptors (Lipinski definition) is 2. The van der Waals surface area contributed by atoms with Crippen molar-refractivity contribution in [2.24, 2.45) is 0 Å². The molecule has 2 aliphatic heterocycles. The van der Waals surface area contributed by atoms with Gasteiger partial charge in [-0.05, 0) is 17.7 Å². The lowest BCUT2D eigenvalue weighted by Gasteiger charge is -2.23. The van der Waals surface area contributed by atoms with Gasteiger partial charge in [-0.15, -0.1) is 11.8 Å². The summed E-state index contributed by atoms with van der Waals surface area (Å²) in [4.78, 5) is 1.37. The molecule has 1 aromatic carbocycles. The molecule has 0 aliphatic carbocycles. The van der Waals surface area contributed by atoms with Crippen LogP contribution < -0.4 is 4.74 Å². The maximum absolute atomic E-state index is 5.81. The first-order valence-electron chi connectivity index (χ1n) is 4.72. The summed E-state index contributed by atoms with van der Waals surface area (Å²) in [5, 5.41) is 0. The first-order chi connectivity index (χ1) is 6.93. The van der Waals surface area contributed by atoms with Crippen molar-refractivity contribution in [2.45, 2.75) is 6.42 Å². The zero-order valence-electron chi connectivity index (χ0n) is 7.69. The van der Waals surface area contributed by atoms with Gasteiger partial charge in [0.05, 0.1) is 0 Å². The summed E-state index contributed by atoms with van der Waals surface area (Å²) in [5.74, 6) is 3.13. The number of ether oxygens (including phenoxy) is 1. The van der Waals surface area contributed by atoms with Gasteiger partial charge < -0.3 is 4.74 Å². The van der Waals surface area contributed by atoms with E-state index in [0.29, 0.717) is 0 Å². The van der Waals surface area contributed by atoms with E-state index in [0.717, 1.165) is 23.7 Å². The molecule has 2 heteroatoms. The Morgan fingerprint density at radius 2 is 2.14 bits per heavy atom. The van der Waals surface area contributed by atoms with Gasteiger partial charge in [-0.3, -0.25) is 0 Å². The number of hydrogen-bond donors (Lipinski definition) is 0. The lowest BCUT2D eigenvalue weighted by Crippen LogP contribution is -2.09. The Hall–Kier alpha value is -1.15. The van der Waals surface area contributed by atoms with E-state index < -0.39 is 0 Å². The molecule has 0 saturated heterocycles. The Morgan fingerprint density at radius 1 is 1.21 bits per heavy atom. The van der Waals surface area contributed by atoms with Crippen molar-refractivity contribution < 1.29 is 4.74 Å². The van der Waals surface area contributed by atoms with Gasteiger partial charge in [-0.1, -0.05) is 24.3 Å². The third-order valence-corrected chi connectivity index (χ3v) is 3.49. The van der Waals surface area contributed by atoms with Crippen molar-refractivity contribution in [1.29, 1.82) is 0 Å². The van der Waals surface area contributed by atoms with Gasteiger partial charge in [0.1, 0.15) is 11.5 Å². The number of fused-ring (bicyclic) bond motifs is 1. The van der Waals surface area contributed by atoms with Crippen molar-refractivity contribution in [1.82, 2.24) is 0 Å². The van der Waals surface area contributed by atoms with E-state index >= 15 is 0 Å². The van der Waals surface area contributed by atoms with Crippen LogP contribution in [0, 0.1) is 0 Å². The van der Waals surface area contributed by atoms with Crippen LogP contribution in [-0.2, 0) is 6.42 Å². The van der Waals surface area contributed by atoms with Gasteiger partial charge in [0.15, 0.2) is 0 Å². The molecule has 0 unspecified atom stereocenters. The summed E-state index contributed by atoms with van der Waals surface area (Å²) in [5.41, 5.74) is 1.30. The molecule has 3 rings (SSSR count). The van der Waals surface area contributed by atoms with Gasteiger partial charge >= 0.3 is 0 Å². The average molecular weight is 202 g/mol. The van der Waals surface area contributed by atoms with Crippen LogP contribution in [0.5, 0.6) is 5.75 Å². The first kappa shape index (κ1) is 8.18. The lowest BCUT2D eigenvalue weighted by atomic mass is 10.1. The molecule has 0 fully saturated rings. The minimum Gasteiger partial charge on any atom is -0.456 e. The lowest BCUT2D eigenvalue weighted by molar-refractivity contribution is 0.425. The Kier molecular flexibility index (Phi) is 1.88. The Balaban J connectivity index is 2.03. The molecular weight excluding hydrogens is 192 g/mol. The van der Waals surface area contributed by atoms with Crippen LogP contribution in [0.3, 0.4) is 0 Å². The molecule has 1 aromatic rings. The molecule has 2 aliphatic rings. The minimum atomic E-state index is 1.01. The van der Waals surface area contributed by atoms with Crippen LogP contribution in [0.2, 0.25) is 0 Å². The molecule has 0 bridgehead atoms. The molecule has 0 saturated carbocycles. The quantitative estimate of drug-likeness (QED) is 0.639. The molecule has 70 valence electrons. The SMILES string of the molecule is C1=CC2=C(Cc3ccccc3O2)SC1. The van der Waals surface area contributed by atoms with Gasteiger partial charge in [-0.2, -0.15) is 0 Å². The molecule has 1 nitrogen and oxygen atoms in total. The number of benzene rings is 1. The Morgan fingerprint density at radius 3 is 3.14 bits per heavy atom. The van der Waals surface area contributed by atoms with Crippen molar-refractivity contribution in [3.8, 4) is 5.75 Å². The van der Waals surface area contributed by atoms with E-state index in [2.05, 4.69) is 24.3 Å². The van der Waals surface area contributed by atoms with Crippen molar-refractivity contribution in [2.75, 3.05) is 5.75 Å². The van der Waals surface area contributed by atoms with Crippen LogP contribution in [0.4, 0.5) is 0 Å². The predicted octanol–water partition coefficient (Wildman–Crippen LogP) is 3.14. The first-order valence-corrected chi connectivity index (χ1v) is 5.70. The fraction of sp³-hybridized carbons (Fsp3) is 0.167. The highest BCUT2D eigenvalue weighted by Crippen LogP contribution is 2.37. The highest BCUT2D eigenvalue weighted by Gasteiger charge is 2.19. The summed E-state index contributed by atoms with van der Waals surface area (Å²) >= 11 is 1.88. The maximum atomic E-state index is 5.81. The summed E-state index contributed by atoms with van der Waals surface area (Å²) in [6.45, 7) is 0. The van der Waals surface area contributed by atoms with Crippen LogP contribution in [0.15, 0.2) is 47.1 Å². The van der Waals surface area contributed by atoms with Crippen LogP contribution >= 0.6 is 11.8 Å². The second kappa shape index (κ2) is 3.21. The van der Waals surface area contributed by atoms with Crippen molar-refractivity contribution in [3.63, 3.8) is 0 Å². The standard InChI is InChI=1S/C12H10OS/c1-2-5-10-9(4-1)8-12-11(13-10)6-3-7-14-12/h1-6H,7-8H2. The van der Waals surface area contributed by atoms with Gasteiger partial charge in [0.2, 0.25) is 0 Å². The van der Waals surface area contributed by atoms with Crippen molar-refractivity contribution in [3.05, 3.63) is 52.6 Å². The molecule has 0 N–H and O–H groups in total. The largest absolute Gasteiger partial charge is 0.456 e. The molecule has 0 aromatic heterocycles. The smallest absolute Gasteiger partial charge is 0.136 e. The monoisotopic (exact) mass is 202 g/mol. The number of allylic oxidation sites excluding steroid dienone is 2. The van der Waals surface area contributed by atoms with E-state index in [1.165, 1.54) is 10.5 Å². The van der Waals surface area contributed by atoms with E-state index in [-0.39, 0.29) is 0 Å². The highest BCUT2D eigenvalue weighted by molar-refractivity contribution is 8.03. The topological polar surface area (TPSA) is 9.23 Å². The predicted molar refractivity (Wildman–Crippen MR) is 59.4 cm³/mol. The number of rotatable bonds is 0. The molecule has 0 atom stereocenters. The zero-order chi connectivity index (χ0) is 9.38. The Labute approximate surface area is 87.5 Å². The normalized spacial score (nSPS) is 18.6. The summed E-state index contributed by atoms with van der Waals surface area (Å²) < 4.78 is 5.81. The van der Waals surface area contributed by atoms with E-state index in [1.54, 1.807) is 0 Å². The molecule has 0 radical (unpaired) electrons. The van der Waals surface area contributed by atoms with Gasteiger partial charge in [0.25, 0.3) is 0 Å². The van der Waals surface area contributed by atoms with Gasteiger partial charge in [-0.25, -0.2) is 0 Å². The maximum Gasteiger partial charge on any atom is 0.136 e. The summed E-state index contributed by atoms with van der Waals surface area (Å²) in [7, 11) is 0. The molecule has 0 amide bonds. The molecule has 14 heavy (non-hydrogen) atoms. The zero-order valence-corrected chi connectivity index (χ0v) is 8.51. The van der Waals surface area contributed by atoms with Crippen molar-refractivity contribution >= 4 is 11.8 Å². The third-order valence-electron chi connectivity index (χ3n) is 2.44. The van der Waals surface area contributed by atoms with E-state index in [1.807, 2.05) is 23.9 Å². The third kappa shape index (κ3) is 1.26. The second-order valence-corrected chi connectivity index (χ2v) is 4.50. The fourth-order valence-corrected chi connectivity index (χ4v) is 2.64. The summed E-state index contributed by atoms with van der Waals surface area (Å²) in [6.07, 6.45) is 5.26. The van der Waals surface area contributed by atoms with E-state index in [9.17, 15) is 0 Å². The number of thioether (sulfide) groups is 1. The average Bonchev–Trinajstić information content (AvgIpc) is 2.26. The second-order valence-electron chi connectivity index (χ2n) is 3.39. The molecule has 0 spiro atoms. The van der Waals surface area contributed by atoms with Crippen LogP contribution in [-0.4, -0.2) is 5.75 Å². The molecule has 2 heterocycles. The summed E-state index contributed by atoms with van der Waals surface area (Å²) in [6, 6.07) is 8.26. The Bertz CT molecular complexity index is 432. The van der Waals surface area contributed by atoms with Gasteiger partial charge in [0, 0.05) is 17.1 Å². The fourth-order valence-electron chi connectivity index (χ4n) is 1.74. The minimum absolute atomic E-state index is 1.01. The van der Waals surface area contributed by atoms with Crippen LogP contribution in [0.1, 0.15) is 5.56 Å². The van der Waals surface area contributed by atoms with Crippen LogP contribution in [0.25, 0.3) is 0 Å².